The maximum absolute atomic E-state index is 12.7. The van der Waals surface area contributed by atoms with Gasteiger partial charge in [0.1, 0.15) is 0 Å². The van der Waals surface area contributed by atoms with Gasteiger partial charge in [-0.15, -0.1) is 0 Å². The van der Waals surface area contributed by atoms with Crippen LogP contribution in [0.1, 0.15) is 5.56 Å². The van der Waals surface area contributed by atoms with E-state index in [2.05, 4.69) is 20.3 Å². The molecule has 0 aliphatic carbocycles. The molecule has 2 saturated heterocycles. The molecule has 0 bridgehead atoms. The summed E-state index contributed by atoms with van der Waals surface area (Å²) < 4.78 is 1.63. The maximum atomic E-state index is 12.7. The minimum atomic E-state index is -0.365. The lowest BCUT2D eigenvalue weighted by Crippen LogP contribution is -2.41. The first-order valence-corrected chi connectivity index (χ1v) is 10.3. The maximum Gasteiger partial charge on any atom is 0.290 e. The lowest BCUT2D eigenvalue weighted by Gasteiger charge is -2.27. The van der Waals surface area contributed by atoms with Crippen molar-refractivity contribution in [3.8, 4) is 0 Å². The Morgan fingerprint density at radius 1 is 1.31 bits per heavy atom. The van der Waals surface area contributed by atoms with Gasteiger partial charge >= 0.3 is 0 Å². The Morgan fingerprint density at radius 3 is 2.69 bits per heavy atom. The zero-order chi connectivity index (χ0) is 23.1. The van der Waals surface area contributed by atoms with Crippen LogP contribution in [0.15, 0.2) is 36.8 Å². The number of aryl methyl sites for hydroxylation is 1. The molecule has 3 N–H and O–H groups in total. The van der Waals surface area contributed by atoms with Crippen LogP contribution < -0.4 is 5.32 Å². The Kier molecular flexibility index (Phi) is 7.54. The van der Waals surface area contributed by atoms with Crippen molar-refractivity contribution in [2.24, 2.45) is 18.4 Å². The molecule has 11 heteroatoms. The molecule has 32 heavy (non-hydrogen) atoms. The lowest BCUT2D eigenvalue weighted by atomic mass is 9.82. The standard InChI is InChI=1S/C20H26N6O3.CH2O2/c1-24-6-4-17(23-24)22-18(28)11-25-9-16-10-26(13-20(16,12-25)14-27)19(29)7-15-3-2-5-21-8-15;2-1-3/h2-6,8,16,27H,7,9-14H2,1H3,(H,22,23,28);1H,(H,2,3)/t16-,20+;/m0./s1. The van der Waals surface area contributed by atoms with Crippen molar-refractivity contribution >= 4 is 24.1 Å². The number of amides is 2. The Hall–Kier alpha value is -3.31. The van der Waals surface area contributed by atoms with Gasteiger partial charge in [0.2, 0.25) is 11.8 Å². The predicted molar refractivity (Wildman–Crippen MR) is 115 cm³/mol. The first kappa shape index (κ1) is 23.4. The normalized spacial score (nSPS) is 22.1. The number of aromatic nitrogens is 3. The van der Waals surface area contributed by atoms with Gasteiger partial charge in [-0.1, -0.05) is 6.07 Å². The van der Waals surface area contributed by atoms with Gasteiger partial charge in [0.25, 0.3) is 6.47 Å². The second-order valence-corrected chi connectivity index (χ2v) is 8.23. The monoisotopic (exact) mass is 444 g/mol. The van der Waals surface area contributed by atoms with Crippen molar-refractivity contribution in [2.75, 3.05) is 44.6 Å². The number of hydrogen-bond donors (Lipinski definition) is 3. The third kappa shape index (κ3) is 5.48. The molecule has 172 valence electrons. The fraction of sp³-hybridized carbons (Fsp3) is 0.476. The fourth-order valence-electron chi connectivity index (χ4n) is 4.48. The molecule has 2 fully saturated rings. The number of pyridine rings is 1. The molecule has 2 atom stereocenters. The van der Waals surface area contributed by atoms with Gasteiger partial charge in [-0.2, -0.15) is 5.10 Å². The van der Waals surface area contributed by atoms with Gasteiger partial charge in [-0.05, 0) is 17.5 Å². The number of likely N-dealkylation sites (tertiary alicyclic amines) is 2. The highest BCUT2D eigenvalue weighted by Crippen LogP contribution is 2.42. The van der Waals surface area contributed by atoms with E-state index in [9.17, 15) is 14.7 Å². The number of aliphatic hydroxyl groups excluding tert-OH is 1. The van der Waals surface area contributed by atoms with Crippen molar-refractivity contribution < 1.29 is 24.6 Å². The molecule has 2 aliphatic rings. The fourth-order valence-corrected chi connectivity index (χ4v) is 4.48. The highest BCUT2D eigenvalue weighted by molar-refractivity contribution is 5.91. The zero-order valence-corrected chi connectivity index (χ0v) is 17.9. The van der Waals surface area contributed by atoms with E-state index in [0.29, 0.717) is 38.4 Å². The molecule has 0 unspecified atom stereocenters. The number of carbonyl (C=O) groups excluding carboxylic acids is 2. The molecular formula is C21H28N6O5. The smallest absolute Gasteiger partial charge is 0.290 e. The molecule has 2 aliphatic heterocycles. The minimum absolute atomic E-state index is 0.00665. The van der Waals surface area contributed by atoms with E-state index in [1.807, 2.05) is 17.0 Å². The first-order chi connectivity index (χ1) is 15.4. The van der Waals surface area contributed by atoms with E-state index in [0.717, 1.165) is 5.56 Å². The van der Waals surface area contributed by atoms with Gasteiger partial charge < -0.3 is 20.4 Å². The third-order valence-electron chi connectivity index (χ3n) is 5.92. The molecule has 0 radical (unpaired) electrons. The van der Waals surface area contributed by atoms with Crippen molar-refractivity contribution in [2.45, 2.75) is 6.42 Å². The third-order valence-corrected chi connectivity index (χ3v) is 5.92. The number of fused-ring (bicyclic) bond motifs is 1. The van der Waals surface area contributed by atoms with E-state index in [1.54, 1.807) is 36.4 Å². The number of aliphatic hydroxyl groups is 1. The summed E-state index contributed by atoms with van der Waals surface area (Å²) in [5.74, 6) is 0.620. The van der Waals surface area contributed by atoms with E-state index in [-0.39, 0.29) is 42.8 Å². The summed E-state index contributed by atoms with van der Waals surface area (Å²) in [6.07, 6.45) is 5.48. The number of nitrogens with one attached hydrogen (secondary N) is 1. The van der Waals surface area contributed by atoms with Crippen molar-refractivity contribution in [1.82, 2.24) is 24.6 Å². The van der Waals surface area contributed by atoms with Crippen LogP contribution in [-0.4, -0.2) is 92.4 Å². The Balaban J connectivity index is 0.000000913. The quantitative estimate of drug-likeness (QED) is 0.504. The van der Waals surface area contributed by atoms with Crippen molar-refractivity contribution in [3.63, 3.8) is 0 Å². The van der Waals surface area contributed by atoms with Gasteiger partial charge in [-0.3, -0.25) is 28.9 Å². The number of rotatable bonds is 6. The molecule has 0 spiro atoms. The highest BCUT2D eigenvalue weighted by Gasteiger charge is 2.53. The Labute approximate surface area is 185 Å². The molecule has 4 heterocycles. The zero-order valence-electron chi connectivity index (χ0n) is 17.9. The average molecular weight is 444 g/mol. The van der Waals surface area contributed by atoms with Crippen LogP contribution in [0, 0.1) is 11.3 Å². The molecule has 2 aromatic rings. The molecule has 0 saturated carbocycles. The molecule has 4 rings (SSSR count). The van der Waals surface area contributed by atoms with Crippen LogP contribution >= 0.6 is 0 Å². The van der Waals surface area contributed by atoms with Crippen LogP contribution in [-0.2, 0) is 27.9 Å². The largest absolute Gasteiger partial charge is 0.483 e. The van der Waals surface area contributed by atoms with Crippen LogP contribution in [0.5, 0.6) is 0 Å². The van der Waals surface area contributed by atoms with E-state index in [4.69, 9.17) is 9.90 Å². The van der Waals surface area contributed by atoms with E-state index >= 15 is 0 Å². The summed E-state index contributed by atoms with van der Waals surface area (Å²) in [4.78, 5) is 41.4. The molecule has 2 aromatic heterocycles. The highest BCUT2D eigenvalue weighted by atomic mass is 16.3. The lowest BCUT2D eigenvalue weighted by molar-refractivity contribution is -0.130. The Morgan fingerprint density at radius 2 is 2.09 bits per heavy atom. The average Bonchev–Trinajstić information content (AvgIpc) is 3.41. The van der Waals surface area contributed by atoms with E-state index < -0.39 is 0 Å². The van der Waals surface area contributed by atoms with Crippen LogP contribution in [0.4, 0.5) is 5.82 Å². The summed E-state index contributed by atoms with van der Waals surface area (Å²) in [5, 5.41) is 24.0. The molecule has 2 amide bonds. The summed E-state index contributed by atoms with van der Waals surface area (Å²) in [6.45, 7) is 2.42. The number of carbonyl (C=O) groups is 3. The topological polar surface area (TPSA) is 141 Å². The SMILES string of the molecule is Cn1ccc(NC(=O)CN2C[C@H]3CN(C(=O)Cc4cccnc4)C[C@@]3(CO)C2)n1.O=CO. The molecule has 11 nitrogen and oxygen atoms in total. The minimum Gasteiger partial charge on any atom is -0.483 e. The molecule has 0 aromatic carbocycles. The summed E-state index contributed by atoms with van der Waals surface area (Å²) in [5.41, 5.74) is 0.524. The number of hydrogen-bond acceptors (Lipinski definition) is 7. The second kappa shape index (κ2) is 10.3. The Bertz CT molecular complexity index is 936. The number of carboxylic acid groups (broad SMARTS) is 1. The van der Waals surface area contributed by atoms with Gasteiger partial charge in [-0.25, -0.2) is 0 Å². The summed E-state index contributed by atoms with van der Waals surface area (Å²) in [6, 6.07) is 5.47. The summed E-state index contributed by atoms with van der Waals surface area (Å²) >= 11 is 0. The van der Waals surface area contributed by atoms with Crippen LogP contribution in [0.3, 0.4) is 0 Å². The van der Waals surface area contributed by atoms with Crippen LogP contribution in [0.2, 0.25) is 0 Å². The first-order valence-electron chi connectivity index (χ1n) is 10.3. The van der Waals surface area contributed by atoms with Gasteiger partial charge in [0.05, 0.1) is 19.6 Å². The van der Waals surface area contributed by atoms with E-state index in [1.165, 1.54) is 0 Å². The van der Waals surface area contributed by atoms with Gasteiger partial charge in [0, 0.05) is 63.3 Å². The van der Waals surface area contributed by atoms with Gasteiger partial charge in [0.15, 0.2) is 5.82 Å². The predicted octanol–water partition coefficient (Wildman–Crippen LogP) is -0.550. The number of nitrogens with zero attached hydrogens (tertiary/aromatic N) is 5. The summed E-state index contributed by atoms with van der Waals surface area (Å²) in [7, 11) is 1.80. The van der Waals surface area contributed by atoms with Crippen LogP contribution in [0.25, 0.3) is 0 Å². The second-order valence-electron chi connectivity index (χ2n) is 8.23. The molecular weight excluding hydrogens is 416 g/mol. The van der Waals surface area contributed by atoms with Crippen molar-refractivity contribution in [1.29, 1.82) is 0 Å². The van der Waals surface area contributed by atoms with Crippen molar-refractivity contribution in [3.05, 3.63) is 42.4 Å². The number of anilines is 1.